The number of unbranched alkanes of at least 4 members (excludes halogenated alkanes) is 2. The Hall–Kier alpha value is -3.85. The summed E-state index contributed by atoms with van der Waals surface area (Å²) in [4.78, 5) is 12.8. The molecular weight excluding hydrogens is 444 g/mol. The van der Waals surface area contributed by atoms with Crippen LogP contribution in [0.2, 0.25) is 0 Å². The molecule has 0 heterocycles. The Morgan fingerprint density at radius 1 is 0.556 bits per heavy atom. The minimum Gasteiger partial charge on any atom is -0.394 e. The van der Waals surface area contributed by atoms with Crippen molar-refractivity contribution in [3.05, 3.63) is 108 Å². The van der Waals surface area contributed by atoms with Gasteiger partial charge in [-0.15, -0.1) is 0 Å². The van der Waals surface area contributed by atoms with Crippen LogP contribution in [0.4, 0.5) is 4.79 Å². The van der Waals surface area contributed by atoms with E-state index in [1.165, 1.54) is 36.8 Å². The third-order valence-corrected chi connectivity index (χ3v) is 6.33. The summed E-state index contributed by atoms with van der Waals surface area (Å²) in [6.45, 7) is 4.40. The minimum absolute atomic E-state index is 0.474. The van der Waals surface area contributed by atoms with Gasteiger partial charge >= 0.3 is 6.16 Å². The summed E-state index contributed by atoms with van der Waals surface area (Å²) in [5, 5.41) is 0. The normalized spacial score (nSPS) is 10.7. The summed E-state index contributed by atoms with van der Waals surface area (Å²) in [5.74, 6) is 0.947. The van der Waals surface area contributed by atoms with Crippen LogP contribution in [0.3, 0.4) is 0 Å². The first-order valence-corrected chi connectivity index (χ1v) is 12.9. The van der Waals surface area contributed by atoms with E-state index < -0.39 is 6.16 Å². The summed E-state index contributed by atoms with van der Waals surface area (Å²) >= 11 is 0. The molecule has 0 aliphatic rings. The first kappa shape index (κ1) is 25.2. The lowest BCUT2D eigenvalue weighted by molar-refractivity contribution is 0.152. The lowest BCUT2D eigenvalue weighted by Gasteiger charge is -2.13. The number of aryl methyl sites for hydroxylation is 2. The Morgan fingerprint density at radius 3 is 1.33 bits per heavy atom. The SMILES string of the molecule is CCCCc1ccc(-c2ccccc2OC(=O)Oc2ccccc2-c2ccc(CCCC)cc2)cc1. The van der Waals surface area contributed by atoms with Crippen LogP contribution in [0.15, 0.2) is 97.1 Å². The molecule has 0 saturated carbocycles. The zero-order valence-electron chi connectivity index (χ0n) is 21.2. The van der Waals surface area contributed by atoms with Crippen molar-refractivity contribution in [1.29, 1.82) is 0 Å². The Balaban J connectivity index is 1.49. The molecule has 0 radical (unpaired) electrons. The molecule has 3 heteroatoms. The summed E-state index contributed by atoms with van der Waals surface area (Å²) in [6.07, 6.45) is 6.09. The standard InChI is InChI=1S/C33H34O3/c1-3-5-11-25-17-21-27(22-18-25)29-13-7-9-15-31(29)35-33(34)36-32-16-10-8-14-30(32)28-23-19-26(20-24-28)12-6-4-2/h7-10,13-24H,3-6,11-12H2,1-2H3. The van der Waals surface area contributed by atoms with Crippen molar-refractivity contribution in [3.63, 3.8) is 0 Å². The second-order valence-corrected chi connectivity index (χ2v) is 9.05. The first-order valence-electron chi connectivity index (χ1n) is 12.9. The quantitative estimate of drug-likeness (QED) is 0.168. The van der Waals surface area contributed by atoms with Crippen molar-refractivity contribution >= 4 is 6.16 Å². The average Bonchev–Trinajstić information content (AvgIpc) is 2.92. The Morgan fingerprint density at radius 2 is 0.944 bits per heavy atom. The van der Waals surface area contributed by atoms with Gasteiger partial charge in [-0.3, -0.25) is 0 Å². The van der Waals surface area contributed by atoms with Crippen LogP contribution in [0.25, 0.3) is 22.3 Å². The van der Waals surface area contributed by atoms with E-state index in [1.807, 2.05) is 36.4 Å². The first-order chi connectivity index (χ1) is 17.7. The molecule has 0 aliphatic heterocycles. The zero-order chi connectivity index (χ0) is 25.2. The van der Waals surface area contributed by atoms with Crippen molar-refractivity contribution in [2.24, 2.45) is 0 Å². The average molecular weight is 479 g/mol. The van der Waals surface area contributed by atoms with E-state index in [0.717, 1.165) is 35.1 Å². The fourth-order valence-electron chi connectivity index (χ4n) is 4.25. The molecule has 0 unspecified atom stereocenters. The fourth-order valence-corrected chi connectivity index (χ4v) is 4.25. The maximum absolute atomic E-state index is 12.8. The summed E-state index contributed by atoms with van der Waals surface area (Å²) in [5.41, 5.74) is 6.34. The summed E-state index contributed by atoms with van der Waals surface area (Å²) < 4.78 is 11.4. The van der Waals surface area contributed by atoms with Gasteiger partial charge in [0.05, 0.1) is 0 Å². The monoisotopic (exact) mass is 478 g/mol. The third kappa shape index (κ3) is 6.63. The lowest BCUT2D eigenvalue weighted by Crippen LogP contribution is -2.14. The number of ether oxygens (including phenoxy) is 2. The van der Waals surface area contributed by atoms with Gasteiger partial charge in [0.2, 0.25) is 0 Å². The predicted octanol–water partition coefficient (Wildman–Crippen LogP) is 9.28. The molecule has 0 fully saturated rings. The van der Waals surface area contributed by atoms with E-state index in [4.69, 9.17) is 9.47 Å². The second kappa shape index (κ2) is 12.7. The maximum Gasteiger partial charge on any atom is 0.519 e. The van der Waals surface area contributed by atoms with E-state index in [-0.39, 0.29) is 0 Å². The van der Waals surface area contributed by atoms with Crippen LogP contribution >= 0.6 is 0 Å². The number of benzene rings is 4. The highest BCUT2D eigenvalue weighted by molar-refractivity contribution is 5.78. The number of carbonyl (C=O) groups is 1. The van der Waals surface area contributed by atoms with E-state index in [0.29, 0.717) is 11.5 Å². The van der Waals surface area contributed by atoms with Crippen LogP contribution in [-0.2, 0) is 12.8 Å². The van der Waals surface area contributed by atoms with E-state index in [2.05, 4.69) is 62.4 Å². The van der Waals surface area contributed by atoms with Crippen molar-refractivity contribution in [2.45, 2.75) is 52.4 Å². The molecule has 0 N–H and O–H groups in total. The Labute approximate surface area is 214 Å². The summed E-state index contributed by atoms with van der Waals surface area (Å²) in [6, 6.07) is 32.0. The van der Waals surface area contributed by atoms with Crippen molar-refractivity contribution in [2.75, 3.05) is 0 Å². The molecule has 184 valence electrons. The van der Waals surface area contributed by atoms with Gasteiger partial charge in [0.15, 0.2) is 0 Å². The van der Waals surface area contributed by atoms with Crippen molar-refractivity contribution in [1.82, 2.24) is 0 Å². The van der Waals surface area contributed by atoms with Crippen LogP contribution < -0.4 is 9.47 Å². The molecule has 0 aromatic heterocycles. The maximum atomic E-state index is 12.8. The highest BCUT2D eigenvalue weighted by atomic mass is 16.7. The highest BCUT2D eigenvalue weighted by Crippen LogP contribution is 2.33. The Bertz CT molecular complexity index is 1160. The number of para-hydroxylation sites is 2. The lowest BCUT2D eigenvalue weighted by atomic mass is 10.0. The van der Waals surface area contributed by atoms with Gasteiger partial charge in [-0.1, -0.05) is 112 Å². The van der Waals surface area contributed by atoms with Gasteiger partial charge in [-0.05, 0) is 60.1 Å². The van der Waals surface area contributed by atoms with E-state index >= 15 is 0 Å². The molecule has 4 aromatic rings. The number of hydrogen-bond acceptors (Lipinski definition) is 3. The molecule has 0 bridgehead atoms. The van der Waals surface area contributed by atoms with Crippen molar-refractivity contribution < 1.29 is 14.3 Å². The topological polar surface area (TPSA) is 35.5 Å². The van der Waals surface area contributed by atoms with E-state index in [9.17, 15) is 4.79 Å². The third-order valence-electron chi connectivity index (χ3n) is 6.33. The Kier molecular flexibility index (Phi) is 8.93. The van der Waals surface area contributed by atoms with Crippen LogP contribution in [0, 0.1) is 0 Å². The second-order valence-electron chi connectivity index (χ2n) is 9.05. The number of rotatable bonds is 10. The van der Waals surface area contributed by atoms with Crippen molar-refractivity contribution in [3.8, 4) is 33.8 Å². The summed E-state index contributed by atoms with van der Waals surface area (Å²) in [7, 11) is 0. The molecule has 36 heavy (non-hydrogen) atoms. The van der Waals surface area contributed by atoms with E-state index in [1.54, 1.807) is 12.1 Å². The molecule has 4 rings (SSSR count). The number of carbonyl (C=O) groups excluding carboxylic acids is 1. The van der Waals surface area contributed by atoms with Gasteiger partial charge in [-0.25, -0.2) is 4.79 Å². The molecule has 0 amide bonds. The molecule has 0 atom stereocenters. The smallest absolute Gasteiger partial charge is 0.394 e. The van der Waals surface area contributed by atoms with Gasteiger partial charge in [0.1, 0.15) is 11.5 Å². The largest absolute Gasteiger partial charge is 0.519 e. The zero-order valence-corrected chi connectivity index (χ0v) is 21.2. The molecule has 0 saturated heterocycles. The molecular formula is C33H34O3. The van der Waals surface area contributed by atoms with Crippen LogP contribution in [-0.4, -0.2) is 6.16 Å². The molecule has 4 aromatic carbocycles. The van der Waals surface area contributed by atoms with Crippen LogP contribution in [0.5, 0.6) is 11.5 Å². The predicted molar refractivity (Wildman–Crippen MR) is 148 cm³/mol. The van der Waals surface area contributed by atoms with Gasteiger partial charge in [0.25, 0.3) is 0 Å². The minimum atomic E-state index is -0.756. The fraction of sp³-hybridized carbons (Fsp3) is 0.242. The number of hydrogen-bond donors (Lipinski definition) is 0. The van der Waals surface area contributed by atoms with Gasteiger partial charge < -0.3 is 9.47 Å². The molecule has 0 spiro atoms. The van der Waals surface area contributed by atoms with Gasteiger partial charge in [-0.2, -0.15) is 0 Å². The molecule has 0 aliphatic carbocycles. The van der Waals surface area contributed by atoms with Crippen LogP contribution in [0.1, 0.15) is 50.7 Å². The molecule has 3 nitrogen and oxygen atoms in total. The highest BCUT2D eigenvalue weighted by Gasteiger charge is 2.15. The van der Waals surface area contributed by atoms with Gasteiger partial charge in [0, 0.05) is 11.1 Å².